The Balaban J connectivity index is 2.46. The lowest BCUT2D eigenvalue weighted by Gasteiger charge is -2.17. The van der Waals surface area contributed by atoms with Crippen molar-refractivity contribution in [2.24, 2.45) is 0 Å². The van der Waals surface area contributed by atoms with Gasteiger partial charge >= 0.3 is 5.97 Å². The predicted octanol–water partition coefficient (Wildman–Crippen LogP) is 3.54. The fourth-order valence-corrected chi connectivity index (χ4v) is 3.14. The maximum Gasteiger partial charge on any atom is 0.347 e. The molecule has 0 radical (unpaired) electrons. The topological polar surface area (TPSA) is 75.7 Å². The molecule has 0 aliphatic rings. The van der Waals surface area contributed by atoms with Crippen molar-refractivity contribution in [1.29, 1.82) is 0 Å². The highest BCUT2D eigenvalue weighted by molar-refractivity contribution is 14.1. The zero-order valence-corrected chi connectivity index (χ0v) is 16.6. The van der Waals surface area contributed by atoms with Gasteiger partial charge < -0.3 is 19.4 Å². The molecule has 0 aromatic heterocycles. The van der Waals surface area contributed by atoms with Crippen LogP contribution in [-0.4, -0.2) is 19.0 Å². The van der Waals surface area contributed by atoms with E-state index in [-0.39, 0.29) is 11.7 Å². The van der Waals surface area contributed by atoms with Crippen LogP contribution in [0.2, 0.25) is 0 Å². The molecule has 0 bridgehead atoms. The SMILES string of the molecule is CCC(C)c1cc(I)c(OC(=O)c2c(F)cccc2C(=O)[O-])c(OC)c1. The second-order valence-electron chi connectivity index (χ2n) is 5.68. The van der Waals surface area contributed by atoms with Crippen molar-refractivity contribution >= 4 is 34.5 Å². The highest BCUT2D eigenvalue weighted by atomic mass is 127. The van der Waals surface area contributed by atoms with Gasteiger partial charge in [0.05, 0.1) is 16.6 Å². The highest BCUT2D eigenvalue weighted by Gasteiger charge is 2.23. The molecule has 2 rings (SSSR count). The van der Waals surface area contributed by atoms with E-state index in [1.807, 2.05) is 28.7 Å². The van der Waals surface area contributed by atoms with Gasteiger partial charge in [0, 0.05) is 5.56 Å². The van der Waals surface area contributed by atoms with Crippen LogP contribution in [-0.2, 0) is 0 Å². The minimum atomic E-state index is -1.66. The Hall–Kier alpha value is -2.16. The Morgan fingerprint density at radius 3 is 2.58 bits per heavy atom. The number of ether oxygens (including phenoxy) is 2. The first-order chi connectivity index (χ1) is 12.3. The minimum absolute atomic E-state index is 0.109. The van der Waals surface area contributed by atoms with Crippen LogP contribution >= 0.6 is 22.6 Å². The maximum absolute atomic E-state index is 14.0. The first-order valence-electron chi connectivity index (χ1n) is 7.89. The summed E-state index contributed by atoms with van der Waals surface area (Å²) in [6, 6.07) is 6.85. The monoisotopic (exact) mass is 471 g/mol. The number of carboxylic acids is 1. The third-order valence-electron chi connectivity index (χ3n) is 4.07. The largest absolute Gasteiger partial charge is 0.545 e. The summed E-state index contributed by atoms with van der Waals surface area (Å²) in [4.78, 5) is 23.6. The van der Waals surface area contributed by atoms with E-state index in [1.165, 1.54) is 13.2 Å². The number of rotatable bonds is 6. The van der Waals surface area contributed by atoms with Crippen LogP contribution in [0.25, 0.3) is 0 Å². The number of benzene rings is 2. The van der Waals surface area contributed by atoms with E-state index in [4.69, 9.17) is 9.47 Å². The van der Waals surface area contributed by atoms with Crippen LogP contribution in [0.3, 0.4) is 0 Å². The third kappa shape index (κ3) is 4.14. The summed E-state index contributed by atoms with van der Waals surface area (Å²) < 4.78 is 25.2. The average Bonchev–Trinajstić information content (AvgIpc) is 2.61. The Morgan fingerprint density at radius 2 is 2.00 bits per heavy atom. The second-order valence-corrected chi connectivity index (χ2v) is 6.84. The lowest BCUT2D eigenvalue weighted by atomic mass is 9.98. The molecule has 7 heteroatoms. The van der Waals surface area contributed by atoms with Crippen molar-refractivity contribution < 1.29 is 28.6 Å². The zero-order valence-electron chi connectivity index (χ0n) is 14.5. The van der Waals surface area contributed by atoms with E-state index in [0.29, 0.717) is 9.32 Å². The van der Waals surface area contributed by atoms with Gasteiger partial charge in [0.25, 0.3) is 0 Å². The smallest absolute Gasteiger partial charge is 0.347 e. The van der Waals surface area contributed by atoms with Crippen molar-refractivity contribution in [3.8, 4) is 11.5 Å². The van der Waals surface area contributed by atoms with Crippen molar-refractivity contribution in [2.45, 2.75) is 26.2 Å². The van der Waals surface area contributed by atoms with E-state index < -0.39 is 28.9 Å². The molecule has 2 aromatic rings. The van der Waals surface area contributed by atoms with Gasteiger partial charge in [-0.1, -0.05) is 26.0 Å². The summed E-state index contributed by atoms with van der Waals surface area (Å²) in [5.41, 5.74) is -0.244. The number of hydrogen-bond donors (Lipinski definition) is 0. The normalized spacial score (nSPS) is 11.7. The van der Waals surface area contributed by atoms with E-state index in [0.717, 1.165) is 24.1 Å². The summed E-state index contributed by atoms with van der Waals surface area (Å²) in [5, 5.41) is 11.2. The fraction of sp³-hybridized carbons (Fsp3) is 0.263. The molecule has 0 fully saturated rings. The maximum atomic E-state index is 14.0. The van der Waals surface area contributed by atoms with Crippen LogP contribution in [0.4, 0.5) is 4.39 Å². The standard InChI is InChI=1S/C19H18FIO5/c1-4-10(2)11-8-14(21)17(15(9-11)25-3)26-19(24)16-12(18(22)23)6-5-7-13(16)20/h5-10H,4H2,1-3H3,(H,22,23)/p-1. The molecule has 0 saturated heterocycles. The molecule has 0 aliphatic heterocycles. The van der Waals surface area contributed by atoms with Gasteiger partial charge in [0.1, 0.15) is 11.4 Å². The lowest BCUT2D eigenvalue weighted by Crippen LogP contribution is -2.27. The third-order valence-corrected chi connectivity index (χ3v) is 4.87. The molecule has 138 valence electrons. The Labute approximate surface area is 164 Å². The van der Waals surface area contributed by atoms with E-state index >= 15 is 0 Å². The zero-order chi connectivity index (χ0) is 19.4. The number of carboxylic acid groups (broad SMARTS) is 1. The summed E-state index contributed by atoms with van der Waals surface area (Å²) in [5.74, 6) is -3.09. The number of halogens is 2. The van der Waals surface area contributed by atoms with Crippen molar-refractivity contribution in [3.63, 3.8) is 0 Å². The molecular formula is C19H17FIO5-. The number of carbonyl (C=O) groups excluding carboxylic acids is 2. The highest BCUT2D eigenvalue weighted by Crippen LogP contribution is 2.37. The van der Waals surface area contributed by atoms with E-state index in [9.17, 15) is 19.1 Å². The number of hydrogen-bond acceptors (Lipinski definition) is 5. The first-order valence-corrected chi connectivity index (χ1v) is 8.97. The van der Waals surface area contributed by atoms with Gasteiger partial charge in [-0.3, -0.25) is 0 Å². The van der Waals surface area contributed by atoms with Gasteiger partial charge in [0.15, 0.2) is 11.5 Å². The number of carbonyl (C=O) groups is 2. The number of esters is 1. The summed E-state index contributed by atoms with van der Waals surface area (Å²) >= 11 is 1.99. The molecule has 0 spiro atoms. The molecule has 5 nitrogen and oxygen atoms in total. The predicted molar refractivity (Wildman–Crippen MR) is 100 cm³/mol. The molecule has 0 heterocycles. The number of aromatic carboxylic acids is 1. The fourth-order valence-electron chi connectivity index (χ4n) is 2.40. The Kier molecular flexibility index (Phi) is 6.57. The van der Waals surface area contributed by atoms with Crippen molar-refractivity contribution in [1.82, 2.24) is 0 Å². The lowest BCUT2D eigenvalue weighted by molar-refractivity contribution is -0.255. The van der Waals surface area contributed by atoms with Crippen LogP contribution in [0, 0.1) is 9.39 Å². The second kappa shape index (κ2) is 8.48. The van der Waals surface area contributed by atoms with Gasteiger partial charge in [-0.25, -0.2) is 9.18 Å². The molecule has 2 aromatic carbocycles. The number of methoxy groups -OCH3 is 1. The molecule has 0 saturated carbocycles. The van der Waals surface area contributed by atoms with Crippen LogP contribution in [0.1, 0.15) is 52.5 Å². The molecular weight excluding hydrogens is 454 g/mol. The summed E-state index contributed by atoms with van der Waals surface area (Å²) in [6.07, 6.45) is 0.919. The molecule has 0 amide bonds. The van der Waals surface area contributed by atoms with Crippen molar-refractivity contribution in [3.05, 3.63) is 56.4 Å². The molecule has 1 atom stereocenters. The summed E-state index contributed by atoms with van der Waals surface area (Å²) in [6.45, 7) is 4.11. The van der Waals surface area contributed by atoms with Gasteiger partial charge in [0.2, 0.25) is 0 Å². The van der Waals surface area contributed by atoms with Crippen molar-refractivity contribution in [2.75, 3.05) is 7.11 Å². The van der Waals surface area contributed by atoms with Gasteiger partial charge in [-0.15, -0.1) is 0 Å². The molecule has 0 aliphatic carbocycles. The first kappa shape index (κ1) is 20.2. The molecule has 1 unspecified atom stereocenters. The molecule has 26 heavy (non-hydrogen) atoms. The van der Waals surface area contributed by atoms with Crippen LogP contribution < -0.4 is 14.6 Å². The van der Waals surface area contributed by atoms with Gasteiger partial charge in [-0.05, 0) is 58.7 Å². The van der Waals surface area contributed by atoms with Crippen LogP contribution in [0.5, 0.6) is 11.5 Å². The Bertz CT molecular complexity index is 850. The Morgan fingerprint density at radius 1 is 1.31 bits per heavy atom. The minimum Gasteiger partial charge on any atom is -0.545 e. The van der Waals surface area contributed by atoms with E-state index in [2.05, 4.69) is 13.8 Å². The summed E-state index contributed by atoms with van der Waals surface area (Å²) in [7, 11) is 1.43. The van der Waals surface area contributed by atoms with Crippen LogP contribution in [0.15, 0.2) is 30.3 Å². The van der Waals surface area contributed by atoms with Gasteiger partial charge in [-0.2, -0.15) is 0 Å². The quantitative estimate of drug-likeness (QED) is 0.366. The average molecular weight is 471 g/mol. The molecule has 0 N–H and O–H groups in total. The van der Waals surface area contributed by atoms with E-state index in [1.54, 1.807) is 6.07 Å².